The molecule has 0 bridgehead atoms. The fraction of sp³-hybridized carbons (Fsp3) is 0.467. The van der Waals surface area contributed by atoms with Crippen LogP contribution in [0.15, 0.2) is 18.2 Å². The van der Waals surface area contributed by atoms with E-state index in [9.17, 15) is 26.3 Å². The van der Waals surface area contributed by atoms with E-state index in [1.807, 2.05) is 0 Å². The van der Waals surface area contributed by atoms with E-state index >= 15 is 0 Å². The van der Waals surface area contributed by atoms with Crippen molar-refractivity contribution in [2.24, 2.45) is 0 Å². The average Bonchev–Trinajstić information content (AvgIpc) is 2.46. The summed E-state index contributed by atoms with van der Waals surface area (Å²) in [6.07, 6.45) is -9.71. The topological polar surface area (TPSA) is 13.7 Å². The summed E-state index contributed by atoms with van der Waals surface area (Å²) in [5, 5.41) is 0. The normalized spacial score (nSPS) is 16.8. The molecule has 23 heavy (non-hydrogen) atoms. The molecule has 1 heterocycles. The zero-order chi connectivity index (χ0) is 17.1. The number of morpholine rings is 1. The summed E-state index contributed by atoms with van der Waals surface area (Å²) in [6, 6.07) is 1.37. The van der Waals surface area contributed by atoms with Crippen molar-refractivity contribution >= 4 is 0 Å². The summed E-state index contributed by atoms with van der Waals surface area (Å²) in [5.74, 6) is 5.06. The Morgan fingerprint density at radius 1 is 0.913 bits per heavy atom. The van der Waals surface area contributed by atoms with Gasteiger partial charge in [-0.1, -0.05) is 5.92 Å². The SMILES string of the molecule is FC(F)(F)c1cc(C#CC[NH+]2CCOCC2)cc(C(F)(F)F)c1. The molecule has 1 aromatic carbocycles. The van der Waals surface area contributed by atoms with Crippen molar-refractivity contribution in [2.45, 2.75) is 12.4 Å². The second kappa shape index (κ2) is 6.81. The van der Waals surface area contributed by atoms with Crippen molar-refractivity contribution in [3.05, 3.63) is 34.9 Å². The van der Waals surface area contributed by atoms with Gasteiger partial charge in [-0.2, -0.15) is 26.3 Å². The Balaban J connectivity index is 2.23. The number of quaternary nitrogens is 1. The standard InChI is InChI=1S/C15H13F6NO/c16-14(17,18)12-8-11(9-13(10-12)15(19,20)21)2-1-3-22-4-6-23-7-5-22/h8-10H,3-7H2/p+1. The minimum Gasteiger partial charge on any atom is -0.370 e. The van der Waals surface area contributed by atoms with E-state index in [1.165, 1.54) is 0 Å². The predicted octanol–water partition coefficient (Wildman–Crippen LogP) is 1.99. The van der Waals surface area contributed by atoms with E-state index in [1.54, 1.807) is 0 Å². The molecule has 0 saturated carbocycles. The molecule has 0 spiro atoms. The third kappa shape index (κ3) is 5.15. The molecular formula is C15H14F6NO+. The molecule has 0 amide bonds. The van der Waals surface area contributed by atoms with Crippen molar-refractivity contribution in [3.63, 3.8) is 0 Å². The maximum absolute atomic E-state index is 12.7. The first-order valence-electron chi connectivity index (χ1n) is 6.86. The molecule has 126 valence electrons. The molecule has 1 aliphatic rings. The lowest BCUT2D eigenvalue weighted by molar-refractivity contribution is -0.900. The van der Waals surface area contributed by atoms with Gasteiger partial charge in [0.2, 0.25) is 0 Å². The van der Waals surface area contributed by atoms with Crippen LogP contribution < -0.4 is 4.90 Å². The highest BCUT2D eigenvalue weighted by atomic mass is 19.4. The highest BCUT2D eigenvalue weighted by molar-refractivity contribution is 5.42. The maximum Gasteiger partial charge on any atom is 0.416 e. The van der Waals surface area contributed by atoms with Crippen LogP contribution in [-0.2, 0) is 17.1 Å². The lowest BCUT2D eigenvalue weighted by atomic mass is 10.0. The van der Waals surface area contributed by atoms with Gasteiger partial charge in [-0.15, -0.1) is 0 Å². The Morgan fingerprint density at radius 2 is 1.43 bits per heavy atom. The Hall–Kier alpha value is -1.72. The highest BCUT2D eigenvalue weighted by Crippen LogP contribution is 2.36. The van der Waals surface area contributed by atoms with E-state index in [0.29, 0.717) is 45.0 Å². The van der Waals surface area contributed by atoms with Gasteiger partial charge in [0, 0.05) is 5.56 Å². The number of alkyl halides is 6. The van der Waals surface area contributed by atoms with Gasteiger partial charge in [-0.05, 0) is 24.1 Å². The second-order valence-electron chi connectivity index (χ2n) is 5.14. The third-order valence-corrected chi connectivity index (χ3v) is 3.36. The Kier molecular flexibility index (Phi) is 5.22. The number of hydrogen-bond acceptors (Lipinski definition) is 1. The van der Waals surface area contributed by atoms with Crippen LogP contribution in [0.2, 0.25) is 0 Å². The minimum absolute atomic E-state index is 0.0956. The molecule has 2 rings (SSSR count). The monoisotopic (exact) mass is 338 g/mol. The van der Waals surface area contributed by atoms with Crippen LogP contribution in [0.25, 0.3) is 0 Å². The average molecular weight is 338 g/mol. The largest absolute Gasteiger partial charge is 0.416 e. The summed E-state index contributed by atoms with van der Waals surface area (Å²) in [6.45, 7) is 2.91. The molecule has 1 aromatic rings. The van der Waals surface area contributed by atoms with E-state index in [2.05, 4.69) is 11.8 Å². The third-order valence-electron chi connectivity index (χ3n) is 3.36. The van der Waals surface area contributed by atoms with E-state index in [0.717, 1.165) is 4.90 Å². The molecule has 0 aliphatic carbocycles. The van der Waals surface area contributed by atoms with Crippen LogP contribution in [0.1, 0.15) is 16.7 Å². The number of hydrogen-bond donors (Lipinski definition) is 1. The summed E-state index contributed by atoms with van der Waals surface area (Å²) < 4.78 is 81.4. The van der Waals surface area contributed by atoms with Crippen molar-refractivity contribution < 1.29 is 36.0 Å². The lowest BCUT2D eigenvalue weighted by Gasteiger charge is -2.21. The lowest BCUT2D eigenvalue weighted by Crippen LogP contribution is -3.14. The van der Waals surface area contributed by atoms with Gasteiger partial charge in [0.05, 0.1) is 24.3 Å². The fourth-order valence-electron chi connectivity index (χ4n) is 2.14. The van der Waals surface area contributed by atoms with Crippen molar-refractivity contribution in [1.29, 1.82) is 0 Å². The Bertz CT molecular complexity index is 573. The molecule has 1 aliphatic heterocycles. The minimum atomic E-state index is -4.85. The zero-order valence-electron chi connectivity index (χ0n) is 11.9. The smallest absolute Gasteiger partial charge is 0.370 e. The molecule has 0 radical (unpaired) electrons. The van der Waals surface area contributed by atoms with Gasteiger partial charge < -0.3 is 9.64 Å². The van der Waals surface area contributed by atoms with Crippen molar-refractivity contribution in [2.75, 3.05) is 32.8 Å². The van der Waals surface area contributed by atoms with Gasteiger partial charge in [0.15, 0.2) is 0 Å². The van der Waals surface area contributed by atoms with Gasteiger partial charge in [0.1, 0.15) is 19.6 Å². The van der Waals surface area contributed by atoms with Crippen LogP contribution in [0.4, 0.5) is 26.3 Å². The molecule has 2 nitrogen and oxygen atoms in total. The Labute approximate surface area is 129 Å². The number of ether oxygens (including phenoxy) is 1. The van der Waals surface area contributed by atoms with Gasteiger partial charge >= 0.3 is 12.4 Å². The van der Waals surface area contributed by atoms with E-state index in [4.69, 9.17) is 4.74 Å². The first-order valence-corrected chi connectivity index (χ1v) is 6.86. The summed E-state index contributed by atoms with van der Waals surface area (Å²) in [5.41, 5.74) is -2.99. The van der Waals surface area contributed by atoms with E-state index in [-0.39, 0.29) is 11.6 Å². The van der Waals surface area contributed by atoms with Crippen LogP contribution in [0, 0.1) is 11.8 Å². The summed E-state index contributed by atoms with van der Waals surface area (Å²) in [7, 11) is 0. The molecule has 0 aromatic heterocycles. The number of benzene rings is 1. The van der Waals surface area contributed by atoms with Crippen LogP contribution in [-0.4, -0.2) is 32.8 Å². The van der Waals surface area contributed by atoms with Crippen molar-refractivity contribution in [3.8, 4) is 11.8 Å². The second-order valence-corrected chi connectivity index (χ2v) is 5.14. The number of nitrogens with one attached hydrogen (secondary N) is 1. The Morgan fingerprint density at radius 3 is 1.91 bits per heavy atom. The molecule has 0 unspecified atom stereocenters. The van der Waals surface area contributed by atoms with Gasteiger partial charge in [-0.25, -0.2) is 0 Å². The van der Waals surface area contributed by atoms with Crippen molar-refractivity contribution in [1.82, 2.24) is 0 Å². The molecule has 8 heteroatoms. The molecule has 1 fully saturated rings. The number of halogens is 6. The van der Waals surface area contributed by atoms with Crippen LogP contribution in [0.5, 0.6) is 0 Å². The highest BCUT2D eigenvalue weighted by Gasteiger charge is 2.36. The van der Waals surface area contributed by atoms with E-state index < -0.39 is 23.5 Å². The summed E-state index contributed by atoms with van der Waals surface area (Å²) >= 11 is 0. The zero-order valence-corrected chi connectivity index (χ0v) is 11.9. The van der Waals surface area contributed by atoms with Crippen LogP contribution in [0.3, 0.4) is 0 Å². The first-order chi connectivity index (χ1) is 10.7. The molecular weight excluding hydrogens is 324 g/mol. The van der Waals surface area contributed by atoms with Gasteiger partial charge in [0.25, 0.3) is 0 Å². The first kappa shape index (κ1) is 17.6. The quantitative estimate of drug-likeness (QED) is 0.611. The number of rotatable bonds is 1. The fourth-order valence-corrected chi connectivity index (χ4v) is 2.14. The predicted molar refractivity (Wildman–Crippen MR) is 69.7 cm³/mol. The molecule has 1 saturated heterocycles. The molecule has 0 atom stereocenters. The summed E-state index contributed by atoms with van der Waals surface area (Å²) in [4.78, 5) is 1.09. The molecule has 1 N–H and O–H groups in total. The van der Waals surface area contributed by atoms with Gasteiger partial charge in [-0.3, -0.25) is 0 Å². The van der Waals surface area contributed by atoms with Crippen LogP contribution >= 0.6 is 0 Å². The maximum atomic E-state index is 12.7.